The molecule has 1 saturated carbocycles. The van der Waals surface area contributed by atoms with Gasteiger partial charge in [-0.2, -0.15) is 0 Å². The van der Waals surface area contributed by atoms with Crippen molar-refractivity contribution >= 4 is 11.6 Å². The maximum absolute atomic E-state index is 13.3. The summed E-state index contributed by atoms with van der Waals surface area (Å²) in [5.41, 5.74) is 1.50. The summed E-state index contributed by atoms with van der Waals surface area (Å²) in [6.45, 7) is 1.72. The van der Waals surface area contributed by atoms with Gasteiger partial charge in [-0.3, -0.25) is 4.79 Å². The lowest BCUT2D eigenvalue weighted by atomic mass is 9.63. The highest BCUT2D eigenvalue weighted by molar-refractivity contribution is 5.89. The van der Waals surface area contributed by atoms with Crippen molar-refractivity contribution in [3.63, 3.8) is 0 Å². The molecule has 5 heteroatoms. The van der Waals surface area contributed by atoms with E-state index in [1.54, 1.807) is 19.2 Å². The number of halogens is 1. The average molecular weight is 382 g/mol. The minimum Gasteiger partial charge on any atom is -0.495 e. The van der Waals surface area contributed by atoms with E-state index in [0.29, 0.717) is 0 Å². The van der Waals surface area contributed by atoms with Gasteiger partial charge in [-0.05, 0) is 55.5 Å². The Kier molecular flexibility index (Phi) is 5.25. The molecule has 1 aliphatic carbocycles. The standard InChI is InChI=1S/C23H27FN2O2/c1-28-21-8-3-2-7-20(21)26-15-4-6-19(16-26)25-22(27)23(13-5-14-23)17-9-11-18(24)12-10-17/h2-3,7-12,19H,4-6,13-16H2,1H3,(H,25,27). The highest BCUT2D eigenvalue weighted by atomic mass is 19.1. The van der Waals surface area contributed by atoms with Gasteiger partial charge in [0.15, 0.2) is 0 Å². The van der Waals surface area contributed by atoms with Gasteiger partial charge in [0.05, 0.1) is 18.2 Å². The second kappa shape index (κ2) is 7.82. The Balaban J connectivity index is 1.47. The van der Waals surface area contributed by atoms with Crippen molar-refractivity contribution in [1.29, 1.82) is 0 Å². The van der Waals surface area contributed by atoms with Gasteiger partial charge >= 0.3 is 0 Å². The van der Waals surface area contributed by atoms with Crippen LogP contribution in [0.5, 0.6) is 5.75 Å². The Labute approximate surface area is 165 Å². The number of hydrogen-bond donors (Lipinski definition) is 1. The zero-order valence-electron chi connectivity index (χ0n) is 16.3. The monoisotopic (exact) mass is 382 g/mol. The highest BCUT2D eigenvalue weighted by Crippen LogP contribution is 2.44. The van der Waals surface area contributed by atoms with Gasteiger partial charge in [-0.1, -0.05) is 30.7 Å². The first-order chi connectivity index (χ1) is 13.6. The van der Waals surface area contributed by atoms with Crippen molar-refractivity contribution in [2.45, 2.75) is 43.6 Å². The summed E-state index contributed by atoms with van der Waals surface area (Å²) in [5.74, 6) is 0.673. The number of anilines is 1. The van der Waals surface area contributed by atoms with Gasteiger partial charge in [0.25, 0.3) is 0 Å². The zero-order valence-corrected chi connectivity index (χ0v) is 16.3. The minimum atomic E-state index is -0.500. The first kappa shape index (κ1) is 18.8. The van der Waals surface area contributed by atoms with Crippen LogP contribution < -0.4 is 15.0 Å². The largest absolute Gasteiger partial charge is 0.495 e. The summed E-state index contributed by atoms with van der Waals surface area (Å²) in [6.07, 6.45) is 4.67. The van der Waals surface area contributed by atoms with Crippen molar-refractivity contribution < 1.29 is 13.9 Å². The molecule has 2 fully saturated rings. The van der Waals surface area contributed by atoms with Crippen LogP contribution in [0.3, 0.4) is 0 Å². The molecule has 0 radical (unpaired) electrons. The molecule has 1 amide bonds. The van der Waals surface area contributed by atoms with E-state index in [9.17, 15) is 9.18 Å². The molecule has 4 rings (SSSR count). The third kappa shape index (κ3) is 3.46. The first-order valence-corrected chi connectivity index (χ1v) is 10.1. The number of nitrogens with one attached hydrogen (secondary N) is 1. The molecule has 1 aliphatic heterocycles. The fourth-order valence-corrected chi connectivity index (χ4v) is 4.47. The maximum Gasteiger partial charge on any atom is 0.230 e. The number of hydrogen-bond acceptors (Lipinski definition) is 3. The van der Waals surface area contributed by atoms with E-state index < -0.39 is 5.41 Å². The van der Waals surface area contributed by atoms with Gasteiger partial charge in [0, 0.05) is 19.1 Å². The summed E-state index contributed by atoms with van der Waals surface area (Å²) in [4.78, 5) is 15.5. The predicted molar refractivity (Wildman–Crippen MR) is 108 cm³/mol. The molecule has 0 aromatic heterocycles. The van der Waals surface area contributed by atoms with Crippen molar-refractivity contribution in [1.82, 2.24) is 5.32 Å². The van der Waals surface area contributed by atoms with Gasteiger partial charge in [-0.25, -0.2) is 4.39 Å². The lowest BCUT2D eigenvalue weighted by molar-refractivity contribution is -0.130. The molecule has 148 valence electrons. The quantitative estimate of drug-likeness (QED) is 0.849. The molecule has 1 atom stereocenters. The van der Waals surface area contributed by atoms with Crippen LogP contribution in [-0.2, 0) is 10.2 Å². The Bertz CT molecular complexity index is 833. The van der Waals surface area contributed by atoms with Crippen LogP contribution in [0.15, 0.2) is 48.5 Å². The van der Waals surface area contributed by atoms with Gasteiger partial charge in [0.1, 0.15) is 11.6 Å². The fourth-order valence-electron chi connectivity index (χ4n) is 4.47. The number of methoxy groups -OCH3 is 1. The molecule has 2 aromatic rings. The molecule has 2 aliphatic rings. The second-order valence-corrected chi connectivity index (χ2v) is 7.87. The number of piperidine rings is 1. The van der Waals surface area contributed by atoms with Crippen LogP contribution in [0.4, 0.5) is 10.1 Å². The molecule has 28 heavy (non-hydrogen) atoms. The van der Waals surface area contributed by atoms with E-state index in [1.165, 1.54) is 12.1 Å². The molecular weight excluding hydrogens is 355 g/mol. The minimum absolute atomic E-state index is 0.0808. The highest BCUT2D eigenvalue weighted by Gasteiger charge is 2.46. The number of rotatable bonds is 5. The third-order valence-corrected chi connectivity index (χ3v) is 6.22. The molecule has 1 N–H and O–H groups in total. The Morgan fingerprint density at radius 2 is 1.89 bits per heavy atom. The van der Waals surface area contributed by atoms with Gasteiger partial charge < -0.3 is 15.0 Å². The molecule has 0 spiro atoms. The molecule has 2 aromatic carbocycles. The Morgan fingerprint density at radius 1 is 1.14 bits per heavy atom. The predicted octanol–water partition coefficient (Wildman–Crippen LogP) is 4.04. The van der Waals surface area contributed by atoms with Gasteiger partial charge in [-0.15, -0.1) is 0 Å². The van der Waals surface area contributed by atoms with Crippen LogP contribution in [-0.4, -0.2) is 32.1 Å². The van der Waals surface area contributed by atoms with E-state index in [4.69, 9.17) is 4.74 Å². The first-order valence-electron chi connectivity index (χ1n) is 10.1. The Morgan fingerprint density at radius 3 is 2.57 bits per heavy atom. The van der Waals surface area contributed by atoms with Crippen molar-refractivity contribution in [3.8, 4) is 5.75 Å². The number of nitrogens with zero attached hydrogens (tertiary/aromatic N) is 1. The lowest BCUT2D eigenvalue weighted by Gasteiger charge is -2.43. The average Bonchev–Trinajstić information content (AvgIpc) is 2.69. The van der Waals surface area contributed by atoms with E-state index >= 15 is 0 Å². The van der Waals surface area contributed by atoms with E-state index in [-0.39, 0.29) is 17.8 Å². The second-order valence-electron chi connectivity index (χ2n) is 7.87. The lowest BCUT2D eigenvalue weighted by Crippen LogP contribution is -2.55. The summed E-state index contributed by atoms with van der Waals surface area (Å²) >= 11 is 0. The number of carbonyl (C=O) groups excluding carboxylic acids is 1. The molecule has 1 heterocycles. The molecule has 0 bridgehead atoms. The number of ether oxygens (including phenoxy) is 1. The number of carbonyl (C=O) groups is 1. The van der Waals surface area contributed by atoms with Crippen LogP contribution in [0.2, 0.25) is 0 Å². The van der Waals surface area contributed by atoms with Crippen LogP contribution >= 0.6 is 0 Å². The van der Waals surface area contributed by atoms with E-state index in [1.807, 2.05) is 18.2 Å². The molecule has 4 nitrogen and oxygen atoms in total. The normalized spacial score (nSPS) is 20.9. The van der Waals surface area contributed by atoms with Crippen LogP contribution in [0.1, 0.15) is 37.7 Å². The number of benzene rings is 2. The van der Waals surface area contributed by atoms with Crippen molar-refractivity contribution in [3.05, 3.63) is 59.9 Å². The SMILES string of the molecule is COc1ccccc1N1CCCC(NC(=O)C2(c3ccc(F)cc3)CCC2)C1. The molecule has 1 saturated heterocycles. The smallest absolute Gasteiger partial charge is 0.230 e. The topological polar surface area (TPSA) is 41.6 Å². The molecular formula is C23H27FN2O2. The summed E-state index contributed by atoms with van der Waals surface area (Å²) < 4.78 is 18.8. The number of amides is 1. The zero-order chi connectivity index (χ0) is 19.6. The summed E-state index contributed by atoms with van der Waals surface area (Å²) in [7, 11) is 1.69. The van der Waals surface area contributed by atoms with Gasteiger partial charge in [0.2, 0.25) is 5.91 Å². The van der Waals surface area contributed by atoms with Crippen molar-refractivity contribution in [2.75, 3.05) is 25.1 Å². The summed E-state index contributed by atoms with van der Waals surface area (Å²) in [5, 5.41) is 3.30. The molecule has 1 unspecified atom stereocenters. The fraction of sp³-hybridized carbons (Fsp3) is 0.435. The maximum atomic E-state index is 13.3. The van der Waals surface area contributed by atoms with Crippen molar-refractivity contribution in [2.24, 2.45) is 0 Å². The van der Waals surface area contributed by atoms with E-state index in [2.05, 4.69) is 16.3 Å². The van der Waals surface area contributed by atoms with E-state index in [0.717, 1.165) is 62.2 Å². The number of para-hydroxylation sites is 2. The third-order valence-electron chi connectivity index (χ3n) is 6.22. The van der Waals surface area contributed by atoms with Crippen LogP contribution in [0, 0.1) is 5.82 Å². The van der Waals surface area contributed by atoms with Crippen LogP contribution in [0.25, 0.3) is 0 Å². The summed E-state index contributed by atoms with van der Waals surface area (Å²) in [6, 6.07) is 14.5. The Hall–Kier alpha value is -2.56.